The number of amides is 1. The fourth-order valence-corrected chi connectivity index (χ4v) is 4.26. The van der Waals surface area contributed by atoms with Gasteiger partial charge < -0.3 is 24.8 Å². The third-order valence-electron chi connectivity index (χ3n) is 6.71. The van der Waals surface area contributed by atoms with E-state index in [1.807, 2.05) is 54.6 Å². The number of epoxide rings is 1. The van der Waals surface area contributed by atoms with Crippen LogP contribution in [0.25, 0.3) is 0 Å². The zero-order chi connectivity index (χ0) is 27.8. The van der Waals surface area contributed by atoms with Gasteiger partial charge in [0.2, 0.25) is 5.91 Å². The number of rotatable bonds is 13. The molecule has 204 valence electrons. The number of ketones is 1. The van der Waals surface area contributed by atoms with E-state index in [9.17, 15) is 14.4 Å². The quantitative estimate of drug-likeness (QED) is 0.255. The largest absolute Gasteiger partial charge is 0.497 e. The highest BCUT2D eigenvalue weighted by Crippen LogP contribution is 2.29. The molecule has 1 aromatic heterocycles. The molecule has 39 heavy (non-hydrogen) atoms. The number of hydrogen-bond acceptors (Lipinski definition) is 8. The van der Waals surface area contributed by atoms with Crippen LogP contribution in [-0.4, -0.2) is 61.2 Å². The summed E-state index contributed by atoms with van der Waals surface area (Å²) in [4.78, 5) is 43.3. The van der Waals surface area contributed by atoms with Gasteiger partial charge in [-0.2, -0.15) is 0 Å². The summed E-state index contributed by atoms with van der Waals surface area (Å²) in [7, 11) is 2.91. The Morgan fingerprint density at radius 1 is 1.00 bits per heavy atom. The molecule has 4 rings (SSSR count). The summed E-state index contributed by atoms with van der Waals surface area (Å²) in [5.74, 6) is 0.0573. The van der Waals surface area contributed by atoms with E-state index in [1.165, 1.54) is 25.4 Å². The first-order valence-electron chi connectivity index (χ1n) is 12.8. The summed E-state index contributed by atoms with van der Waals surface area (Å²) in [6.07, 6.45) is 2.79. The van der Waals surface area contributed by atoms with Gasteiger partial charge in [0.05, 0.1) is 32.4 Å². The highest BCUT2D eigenvalue weighted by atomic mass is 16.6. The van der Waals surface area contributed by atoms with Gasteiger partial charge in [0, 0.05) is 6.20 Å². The van der Waals surface area contributed by atoms with Gasteiger partial charge >= 0.3 is 5.97 Å². The van der Waals surface area contributed by atoms with Crippen LogP contribution in [0.5, 0.6) is 5.75 Å². The number of Topliss-reactive ketones (excluding diaryl/α,β-unsaturated/α-hetero) is 1. The van der Waals surface area contributed by atoms with E-state index in [2.05, 4.69) is 15.6 Å². The van der Waals surface area contributed by atoms with Crippen molar-refractivity contribution < 1.29 is 28.6 Å². The first-order valence-corrected chi connectivity index (χ1v) is 12.8. The number of pyridine rings is 1. The standard InChI is InChI=1S/C30H33N3O6/c1-30(19-39-30)27(34)25(17-21-7-5-4-6-8-21)33-28(35)24(14-11-20-9-12-23(37-2)13-10-20)32-26-18-22(15-16-31-26)29(36)38-3/h4-10,12-13,15-16,18,24-25H,11,14,17,19H2,1-3H3,(H,31,32)(H,33,35)/t24-,25-,30+/m1/s1. The van der Waals surface area contributed by atoms with Crippen molar-refractivity contribution in [3.63, 3.8) is 0 Å². The summed E-state index contributed by atoms with van der Waals surface area (Å²) < 4.78 is 15.4. The summed E-state index contributed by atoms with van der Waals surface area (Å²) in [5, 5.41) is 6.12. The number of aromatic nitrogens is 1. The number of ether oxygens (including phenoxy) is 3. The van der Waals surface area contributed by atoms with Gasteiger partial charge in [-0.1, -0.05) is 42.5 Å². The van der Waals surface area contributed by atoms with Crippen molar-refractivity contribution in [1.29, 1.82) is 0 Å². The lowest BCUT2D eigenvalue weighted by atomic mass is 9.94. The number of methoxy groups -OCH3 is 2. The zero-order valence-electron chi connectivity index (χ0n) is 22.3. The number of esters is 1. The first-order chi connectivity index (χ1) is 18.8. The van der Waals surface area contributed by atoms with Crippen molar-refractivity contribution >= 4 is 23.5 Å². The molecule has 0 aliphatic carbocycles. The molecule has 1 fully saturated rings. The molecule has 9 nitrogen and oxygen atoms in total. The number of hydrogen-bond donors (Lipinski definition) is 2. The lowest BCUT2D eigenvalue weighted by Crippen LogP contribution is -2.51. The van der Waals surface area contributed by atoms with Crippen LogP contribution in [0.2, 0.25) is 0 Å². The van der Waals surface area contributed by atoms with Gasteiger partial charge in [-0.05, 0) is 61.6 Å². The number of nitrogens with one attached hydrogen (secondary N) is 2. The molecule has 0 spiro atoms. The number of carbonyl (C=O) groups excluding carboxylic acids is 3. The van der Waals surface area contributed by atoms with Crippen molar-refractivity contribution in [2.45, 2.75) is 43.9 Å². The predicted octanol–water partition coefficient (Wildman–Crippen LogP) is 3.38. The Kier molecular flexibility index (Phi) is 8.93. The van der Waals surface area contributed by atoms with Gasteiger partial charge in [0.1, 0.15) is 23.2 Å². The van der Waals surface area contributed by atoms with E-state index in [0.29, 0.717) is 37.3 Å². The van der Waals surface area contributed by atoms with Crippen LogP contribution in [0.3, 0.4) is 0 Å². The van der Waals surface area contributed by atoms with E-state index in [1.54, 1.807) is 14.0 Å². The molecule has 0 unspecified atom stereocenters. The van der Waals surface area contributed by atoms with E-state index >= 15 is 0 Å². The minimum atomic E-state index is -0.894. The van der Waals surface area contributed by atoms with E-state index in [0.717, 1.165) is 16.9 Å². The van der Waals surface area contributed by atoms with E-state index < -0.39 is 23.7 Å². The fourth-order valence-electron chi connectivity index (χ4n) is 4.26. The highest BCUT2D eigenvalue weighted by molar-refractivity contribution is 5.98. The maximum absolute atomic E-state index is 13.7. The molecule has 0 saturated carbocycles. The summed E-state index contributed by atoms with van der Waals surface area (Å²) >= 11 is 0. The van der Waals surface area contributed by atoms with Crippen molar-refractivity contribution in [3.8, 4) is 5.75 Å². The van der Waals surface area contributed by atoms with Crippen LogP contribution in [-0.2, 0) is 31.9 Å². The molecule has 3 aromatic rings. The third-order valence-corrected chi connectivity index (χ3v) is 6.71. The molecule has 1 amide bonds. The molecule has 0 radical (unpaired) electrons. The number of nitrogens with zero attached hydrogens (tertiary/aromatic N) is 1. The minimum Gasteiger partial charge on any atom is -0.497 e. The van der Waals surface area contributed by atoms with Gasteiger partial charge in [-0.3, -0.25) is 9.59 Å². The lowest BCUT2D eigenvalue weighted by molar-refractivity contribution is -0.130. The third kappa shape index (κ3) is 7.42. The average molecular weight is 532 g/mol. The fraction of sp³-hybridized carbons (Fsp3) is 0.333. The molecular formula is C30H33N3O6. The van der Waals surface area contributed by atoms with E-state index in [-0.39, 0.29) is 11.7 Å². The van der Waals surface area contributed by atoms with Gasteiger partial charge in [0.15, 0.2) is 5.78 Å². The van der Waals surface area contributed by atoms with Crippen molar-refractivity contribution in [1.82, 2.24) is 10.3 Å². The summed E-state index contributed by atoms with van der Waals surface area (Å²) in [5.41, 5.74) is 1.35. The molecule has 1 saturated heterocycles. The molecule has 0 bridgehead atoms. The molecule has 2 N–H and O–H groups in total. The average Bonchev–Trinajstić information content (AvgIpc) is 3.73. The summed E-state index contributed by atoms with van der Waals surface area (Å²) in [6.45, 7) is 2.07. The predicted molar refractivity (Wildman–Crippen MR) is 146 cm³/mol. The zero-order valence-corrected chi connectivity index (χ0v) is 22.3. The SMILES string of the molecule is COC(=O)c1ccnc(N[C@H](CCc2ccc(OC)cc2)C(=O)N[C@H](Cc2ccccc2)C(=O)[C@]2(C)CO2)c1. The Morgan fingerprint density at radius 2 is 1.72 bits per heavy atom. The van der Waals surface area contributed by atoms with Gasteiger partial charge in [-0.15, -0.1) is 0 Å². The lowest BCUT2D eigenvalue weighted by Gasteiger charge is -2.24. The van der Waals surface area contributed by atoms with Gasteiger partial charge in [0.25, 0.3) is 0 Å². The number of benzene rings is 2. The Hall–Kier alpha value is -4.24. The van der Waals surface area contributed by atoms with Crippen molar-refractivity contribution in [3.05, 3.63) is 89.6 Å². The second kappa shape index (κ2) is 12.5. The monoisotopic (exact) mass is 531 g/mol. The maximum Gasteiger partial charge on any atom is 0.338 e. The van der Waals surface area contributed by atoms with Crippen LogP contribution >= 0.6 is 0 Å². The Labute approximate surface area is 227 Å². The molecule has 9 heteroatoms. The minimum absolute atomic E-state index is 0.167. The topological polar surface area (TPSA) is 119 Å². The summed E-state index contributed by atoms with van der Waals surface area (Å²) in [6, 6.07) is 18.7. The maximum atomic E-state index is 13.7. The van der Waals surface area contributed by atoms with E-state index in [4.69, 9.17) is 14.2 Å². The van der Waals surface area contributed by atoms with Crippen LogP contribution in [0.4, 0.5) is 5.82 Å². The molecular weight excluding hydrogens is 498 g/mol. The van der Waals surface area contributed by atoms with Crippen LogP contribution in [0.15, 0.2) is 72.9 Å². The van der Waals surface area contributed by atoms with Crippen molar-refractivity contribution in [2.75, 3.05) is 26.1 Å². The first kappa shape index (κ1) is 27.8. The second-order valence-electron chi connectivity index (χ2n) is 9.64. The normalized spacial score (nSPS) is 17.4. The van der Waals surface area contributed by atoms with Crippen LogP contribution in [0.1, 0.15) is 34.8 Å². The number of anilines is 1. The Balaban J connectivity index is 1.55. The smallest absolute Gasteiger partial charge is 0.338 e. The second-order valence-corrected chi connectivity index (χ2v) is 9.64. The molecule has 3 atom stereocenters. The number of carbonyl (C=O) groups is 3. The number of aryl methyl sites for hydroxylation is 1. The highest BCUT2D eigenvalue weighted by Gasteiger charge is 2.50. The molecule has 1 aliphatic heterocycles. The molecule has 2 aromatic carbocycles. The molecule has 2 heterocycles. The van der Waals surface area contributed by atoms with Crippen molar-refractivity contribution in [2.24, 2.45) is 0 Å². The Bertz CT molecular complexity index is 1290. The van der Waals surface area contributed by atoms with Crippen LogP contribution < -0.4 is 15.4 Å². The van der Waals surface area contributed by atoms with Crippen LogP contribution in [0, 0.1) is 0 Å². The van der Waals surface area contributed by atoms with Gasteiger partial charge in [-0.25, -0.2) is 9.78 Å². The molecule has 1 aliphatic rings. The Morgan fingerprint density at radius 3 is 2.36 bits per heavy atom.